The van der Waals surface area contributed by atoms with Gasteiger partial charge >= 0.3 is 5.97 Å². The Morgan fingerprint density at radius 1 is 1.13 bits per heavy atom. The molecule has 7 heteroatoms. The van der Waals surface area contributed by atoms with E-state index in [0.29, 0.717) is 24.4 Å². The average Bonchev–Trinajstić information content (AvgIpc) is 3.26. The van der Waals surface area contributed by atoms with E-state index in [2.05, 4.69) is 66.4 Å². The molecule has 0 bridgehead atoms. The van der Waals surface area contributed by atoms with E-state index in [1.807, 2.05) is 17.0 Å². The van der Waals surface area contributed by atoms with Gasteiger partial charge in [0, 0.05) is 48.2 Å². The lowest BCUT2D eigenvalue weighted by atomic mass is 9.81. The highest BCUT2D eigenvalue weighted by Crippen LogP contribution is 2.47. The van der Waals surface area contributed by atoms with Crippen LogP contribution in [0.5, 0.6) is 0 Å². The predicted octanol–water partition coefficient (Wildman–Crippen LogP) is 8.88. The number of hydrogen-bond donors (Lipinski definition) is 0. The van der Waals surface area contributed by atoms with Gasteiger partial charge in [-0.3, -0.25) is 4.90 Å². The van der Waals surface area contributed by atoms with Gasteiger partial charge in [-0.25, -0.2) is 13.6 Å². The summed E-state index contributed by atoms with van der Waals surface area (Å²) in [6.07, 6.45) is 10.5. The van der Waals surface area contributed by atoms with Gasteiger partial charge in [-0.05, 0) is 79.5 Å². The van der Waals surface area contributed by atoms with Gasteiger partial charge in [-0.1, -0.05) is 63.1 Å². The predicted molar refractivity (Wildman–Crippen MR) is 179 cm³/mol. The normalized spacial score (nSPS) is 19.3. The van der Waals surface area contributed by atoms with Crippen LogP contribution >= 0.6 is 0 Å². The fourth-order valence-corrected chi connectivity index (χ4v) is 7.97. The molecule has 6 rings (SSSR count). The van der Waals surface area contributed by atoms with E-state index >= 15 is 0 Å². The summed E-state index contributed by atoms with van der Waals surface area (Å²) in [6.45, 7) is 8.63. The highest BCUT2D eigenvalue weighted by molar-refractivity contribution is 6.00. The summed E-state index contributed by atoms with van der Waals surface area (Å²) < 4.78 is 35.9. The minimum Gasteiger partial charge on any atom is -0.465 e. The van der Waals surface area contributed by atoms with Crippen molar-refractivity contribution >= 4 is 22.9 Å². The fraction of sp³-hybridized carbons (Fsp3) is 0.500. The number of nitrogens with zero attached hydrogens (tertiary/aromatic N) is 3. The van der Waals surface area contributed by atoms with Crippen LogP contribution in [0.25, 0.3) is 28.2 Å². The molecule has 3 heterocycles. The number of fused-ring (bicyclic) bond motifs is 5. The van der Waals surface area contributed by atoms with Crippen molar-refractivity contribution in [2.75, 3.05) is 33.8 Å². The van der Waals surface area contributed by atoms with E-state index in [-0.39, 0.29) is 25.0 Å². The summed E-state index contributed by atoms with van der Waals surface area (Å²) in [6, 6.07) is 14.7. The van der Waals surface area contributed by atoms with E-state index in [1.165, 1.54) is 61.4 Å². The van der Waals surface area contributed by atoms with Crippen molar-refractivity contribution in [1.82, 2.24) is 14.4 Å². The number of likely N-dealkylation sites (N-methyl/N-ethyl adjacent to an activating group) is 1. The summed E-state index contributed by atoms with van der Waals surface area (Å²) >= 11 is 0. The maximum Gasteiger partial charge on any atom is 0.337 e. The number of ether oxygens (including phenoxy) is 1. The van der Waals surface area contributed by atoms with Crippen molar-refractivity contribution < 1.29 is 18.3 Å². The highest BCUT2D eigenvalue weighted by atomic mass is 19.3. The molecule has 1 aliphatic carbocycles. The third-order valence-electron chi connectivity index (χ3n) is 10.5. The van der Waals surface area contributed by atoms with Crippen LogP contribution in [0.1, 0.15) is 92.1 Å². The number of aromatic nitrogens is 1. The molecule has 0 N–H and O–H groups in total. The zero-order valence-electron chi connectivity index (χ0n) is 27.1. The number of allylic oxidation sites excluding steroid dienone is 1. The molecule has 5 nitrogen and oxygen atoms in total. The van der Waals surface area contributed by atoms with Gasteiger partial charge in [-0.2, -0.15) is 0 Å². The smallest absolute Gasteiger partial charge is 0.337 e. The van der Waals surface area contributed by atoms with Crippen LogP contribution in [-0.2, 0) is 11.3 Å². The second-order valence-corrected chi connectivity index (χ2v) is 13.3. The van der Waals surface area contributed by atoms with Crippen molar-refractivity contribution in [3.05, 3.63) is 77.0 Å². The molecule has 2 fully saturated rings. The Labute approximate surface area is 266 Å². The summed E-state index contributed by atoms with van der Waals surface area (Å²) in [5, 5.41) is 1.21. The zero-order valence-corrected chi connectivity index (χ0v) is 27.1. The molecule has 3 aliphatic rings. The lowest BCUT2D eigenvalue weighted by molar-refractivity contribution is -0.0764. The number of carbonyl (C=O) groups excluding carboxylic acids is 1. The third kappa shape index (κ3) is 6.33. The van der Waals surface area contributed by atoms with Crippen molar-refractivity contribution in [3.63, 3.8) is 0 Å². The van der Waals surface area contributed by atoms with Crippen LogP contribution in [0, 0.1) is 0 Å². The summed E-state index contributed by atoms with van der Waals surface area (Å²) in [5.41, 5.74) is 8.64. The van der Waals surface area contributed by atoms with Crippen LogP contribution in [0.3, 0.4) is 0 Å². The van der Waals surface area contributed by atoms with Gasteiger partial charge in [0.05, 0.1) is 31.5 Å². The van der Waals surface area contributed by atoms with Gasteiger partial charge in [0.2, 0.25) is 0 Å². The summed E-state index contributed by atoms with van der Waals surface area (Å²) in [4.78, 5) is 16.8. The van der Waals surface area contributed by atoms with E-state index in [9.17, 15) is 13.6 Å². The van der Waals surface area contributed by atoms with E-state index < -0.39 is 5.92 Å². The van der Waals surface area contributed by atoms with Crippen LogP contribution in [0.15, 0.2) is 60.3 Å². The number of benzene rings is 2. The van der Waals surface area contributed by atoms with Crippen LogP contribution in [0.4, 0.5) is 8.78 Å². The van der Waals surface area contributed by atoms with Gasteiger partial charge in [0.15, 0.2) is 0 Å². The van der Waals surface area contributed by atoms with Crippen molar-refractivity contribution in [2.24, 2.45) is 0 Å². The Morgan fingerprint density at radius 3 is 2.64 bits per heavy atom. The van der Waals surface area contributed by atoms with Gasteiger partial charge in [0.25, 0.3) is 5.92 Å². The lowest BCUT2D eigenvalue weighted by Crippen LogP contribution is -2.48. The van der Waals surface area contributed by atoms with Crippen LogP contribution in [-0.4, -0.2) is 66.1 Å². The molecule has 1 saturated heterocycles. The first-order valence-electron chi connectivity index (χ1n) is 16.8. The number of esters is 1. The quantitative estimate of drug-likeness (QED) is 0.225. The number of likely N-dealkylation sites (tertiary alicyclic amines) is 1. The topological polar surface area (TPSA) is 37.7 Å². The van der Waals surface area contributed by atoms with E-state index in [0.717, 1.165) is 48.3 Å². The molecule has 45 heavy (non-hydrogen) atoms. The number of rotatable bonds is 9. The molecule has 2 aromatic carbocycles. The first-order valence-corrected chi connectivity index (χ1v) is 16.8. The summed E-state index contributed by atoms with van der Waals surface area (Å²) in [7, 11) is 3.49. The SMILES string of the molecule is C=C(C1=Cc2ccccc2-c2c(C3CCCCC3)c3ccc(C(=O)OC)cc3n2C1)N(C)CCC(CC)N1CCCC(F)(F)C1. The molecule has 1 unspecified atom stereocenters. The number of alkyl halides is 2. The van der Waals surface area contributed by atoms with Gasteiger partial charge in [-0.15, -0.1) is 0 Å². The molecule has 3 aromatic rings. The molecule has 2 aliphatic heterocycles. The molecular weight excluding hydrogens is 568 g/mol. The molecular formula is C38H47F2N3O2. The first-order chi connectivity index (χ1) is 21.7. The Kier molecular flexibility index (Phi) is 9.19. The lowest BCUT2D eigenvalue weighted by Gasteiger charge is -2.38. The minimum atomic E-state index is -2.60. The van der Waals surface area contributed by atoms with Crippen LogP contribution < -0.4 is 0 Å². The number of piperidine rings is 1. The summed E-state index contributed by atoms with van der Waals surface area (Å²) in [5.74, 6) is -2.46. The van der Waals surface area contributed by atoms with E-state index in [4.69, 9.17) is 4.74 Å². The highest BCUT2D eigenvalue weighted by Gasteiger charge is 2.37. The molecule has 1 aromatic heterocycles. The molecule has 1 atom stereocenters. The van der Waals surface area contributed by atoms with Crippen LogP contribution in [0.2, 0.25) is 0 Å². The number of hydrogen-bond acceptors (Lipinski definition) is 4. The minimum absolute atomic E-state index is 0.00802. The number of carbonyl (C=O) groups is 1. The van der Waals surface area contributed by atoms with E-state index in [1.54, 1.807) is 0 Å². The van der Waals surface area contributed by atoms with Crippen molar-refractivity contribution in [3.8, 4) is 11.3 Å². The average molecular weight is 616 g/mol. The number of halogens is 2. The fourth-order valence-electron chi connectivity index (χ4n) is 7.97. The Hall–Kier alpha value is -3.45. The Morgan fingerprint density at radius 2 is 1.91 bits per heavy atom. The number of methoxy groups -OCH3 is 1. The maximum absolute atomic E-state index is 14.2. The Balaban J connectivity index is 1.36. The molecule has 0 radical (unpaired) electrons. The zero-order chi connectivity index (χ0) is 31.7. The Bertz CT molecular complexity index is 1600. The maximum atomic E-state index is 14.2. The second-order valence-electron chi connectivity index (χ2n) is 13.3. The third-order valence-corrected chi connectivity index (χ3v) is 10.5. The first kappa shape index (κ1) is 31.5. The second kappa shape index (κ2) is 13.1. The molecule has 0 spiro atoms. The van der Waals surface area contributed by atoms with Gasteiger partial charge < -0.3 is 14.2 Å². The standard InChI is InChI=1S/C38H47F2N3O2/c1-5-31(42-20-11-19-38(39,40)25-42)18-21-41(3)26(2)30-22-28-14-9-10-15-32(28)36-35(27-12-7-6-8-13-27)33-17-16-29(37(44)45-4)23-34(33)43(36)24-30/h9-10,14-17,22-23,27,31H,2,5-8,11-13,18-21,24-25H2,1,3-4H3. The van der Waals surface area contributed by atoms with Crippen molar-refractivity contribution in [1.29, 1.82) is 0 Å². The monoisotopic (exact) mass is 615 g/mol. The molecule has 240 valence electrons. The van der Waals surface area contributed by atoms with Crippen molar-refractivity contribution in [2.45, 2.75) is 89.1 Å². The molecule has 0 amide bonds. The van der Waals surface area contributed by atoms with Gasteiger partial charge in [0.1, 0.15) is 0 Å². The molecule has 1 saturated carbocycles. The largest absolute Gasteiger partial charge is 0.465 e.